The first kappa shape index (κ1) is 11.7. The van der Waals surface area contributed by atoms with Crippen molar-refractivity contribution < 1.29 is 9.18 Å². The second kappa shape index (κ2) is 4.35. The Morgan fingerprint density at radius 2 is 2.00 bits per heavy atom. The highest BCUT2D eigenvalue weighted by Gasteiger charge is 2.38. The molecule has 2 atom stereocenters. The number of carbonyl (C=O) groups is 1. The zero-order valence-electron chi connectivity index (χ0n) is 10.4. The van der Waals surface area contributed by atoms with Gasteiger partial charge >= 0.3 is 0 Å². The van der Waals surface area contributed by atoms with Gasteiger partial charge in [-0.2, -0.15) is 0 Å². The molecule has 0 spiro atoms. The number of rotatable bonds is 1. The Morgan fingerprint density at radius 3 is 2.61 bits per heavy atom. The summed E-state index contributed by atoms with van der Waals surface area (Å²) in [5.41, 5.74) is 1.04. The molecular weight excluding hydrogens is 231 g/mol. The van der Waals surface area contributed by atoms with Gasteiger partial charge in [-0.1, -0.05) is 6.07 Å². The summed E-state index contributed by atoms with van der Waals surface area (Å²) in [6.07, 6.45) is 0. The Morgan fingerprint density at radius 1 is 1.33 bits per heavy atom. The largest absolute Gasteiger partial charge is 0.338 e. The van der Waals surface area contributed by atoms with E-state index in [1.165, 1.54) is 6.07 Å². The Bertz CT molecular complexity index is 477. The molecule has 0 saturated carbocycles. The van der Waals surface area contributed by atoms with Crippen LogP contribution >= 0.6 is 0 Å². The number of aryl methyl sites for hydroxylation is 1. The zero-order chi connectivity index (χ0) is 12.7. The first-order chi connectivity index (χ1) is 8.65. The van der Waals surface area contributed by atoms with Crippen molar-refractivity contribution in [1.29, 1.82) is 0 Å². The van der Waals surface area contributed by atoms with Gasteiger partial charge in [-0.25, -0.2) is 4.39 Å². The number of nitrogens with one attached hydrogen (secondary N) is 1. The molecule has 2 unspecified atom stereocenters. The molecule has 0 bridgehead atoms. The molecule has 2 fully saturated rings. The van der Waals surface area contributed by atoms with E-state index in [4.69, 9.17) is 0 Å². The fourth-order valence-corrected chi connectivity index (χ4v) is 2.99. The lowest BCUT2D eigenvalue weighted by molar-refractivity contribution is 0.0777. The molecule has 96 valence electrons. The van der Waals surface area contributed by atoms with Gasteiger partial charge in [-0.3, -0.25) is 4.79 Å². The lowest BCUT2D eigenvalue weighted by Gasteiger charge is -2.18. The molecule has 1 aromatic carbocycles. The van der Waals surface area contributed by atoms with Gasteiger partial charge in [0.2, 0.25) is 0 Å². The molecule has 2 saturated heterocycles. The standard InChI is InChI=1S/C14H17FN2O/c1-9-2-3-12(13(15)4-9)14(18)17-7-10-5-16-6-11(10)8-17/h2-4,10-11,16H,5-8H2,1H3. The van der Waals surface area contributed by atoms with Gasteiger partial charge in [0.15, 0.2) is 0 Å². The van der Waals surface area contributed by atoms with Crippen LogP contribution in [0.5, 0.6) is 0 Å². The number of benzene rings is 1. The summed E-state index contributed by atoms with van der Waals surface area (Å²) in [6, 6.07) is 4.81. The molecule has 2 heterocycles. The fourth-order valence-electron chi connectivity index (χ4n) is 2.99. The minimum absolute atomic E-state index is 0.165. The van der Waals surface area contributed by atoms with Gasteiger partial charge < -0.3 is 10.2 Å². The predicted octanol–water partition coefficient (Wildman–Crippen LogP) is 1.43. The van der Waals surface area contributed by atoms with Gasteiger partial charge in [0.1, 0.15) is 5.82 Å². The molecule has 1 amide bonds. The number of hydrogen-bond donors (Lipinski definition) is 1. The molecule has 4 heteroatoms. The Balaban J connectivity index is 1.79. The SMILES string of the molecule is Cc1ccc(C(=O)N2CC3CNCC3C2)c(F)c1. The molecule has 2 aliphatic rings. The monoisotopic (exact) mass is 248 g/mol. The topological polar surface area (TPSA) is 32.3 Å². The quantitative estimate of drug-likeness (QED) is 0.815. The van der Waals surface area contributed by atoms with Crippen molar-refractivity contribution in [2.75, 3.05) is 26.2 Å². The third kappa shape index (κ3) is 1.90. The van der Waals surface area contributed by atoms with Crippen molar-refractivity contribution in [2.45, 2.75) is 6.92 Å². The van der Waals surface area contributed by atoms with Crippen LogP contribution in [-0.4, -0.2) is 37.0 Å². The average molecular weight is 248 g/mol. The maximum Gasteiger partial charge on any atom is 0.256 e. The van der Waals surface area contributed by atoms with E-state index >= 15 is 0 Å². The van der Waals surface area contributed by atoms with Crippen molar-refractivity contribution in [1.82, 2.24) is 10.2 Å². The van der Waals surface area contributed by atoms with E-state index in [1.54, 1.807) is 17.0 Å². The predicted molar refractivity (Wildman–Crippen MR) is 66.9 cm³/mol. The second-order valence-electron chi connectivity index (χ2n) is 5.37. The smallest absolute Gasteiger partial charge is 0.256 e. The summed E-state index contributed by atoms with van der Waals surface area (Å²) in [6.45, 7) is 5.28. The fraction of sp³-hybridized carbons (Fsp3) is 0.500. The summed E-state index contributed by atoms with van der Waals surface area (Å²) in [5, 5.41) is 3.33. The molecule has 0 aromatic heterocycles. The normalized spacial score (nSPS) is 26.4. The maximum absolute atomic E-state index is 13.8. The summed E-state index contributed by atoms with van der Waals surface area (Å²) < 4.78 is 13.8. The van der Waals surface area contributed by atoms with Crippen molar-refractivity contribution in [3.05, 3.63) is 35.1 Å². The molecule has 18 heavy (non-hydrogen) atoms. The van der Waals surface area contributed by atoms with Crippen LogP contribution in [0, 0.1) is 24.6 Å². The lowest BCUT2D eigenvalue weighted by atomic mass is 10.0. The zero-order valence-corrected chi connectivity index (χ0v) is 10.4. The van der Waals surface area contributed by atoms with Crippen molar-refractivity contribution >= 4 is 5.91 Å². The van der Waals surface area contributed by atoms with Gasteiger partial charge in [-0.15, -0.1) is 0 Å². The average Bonchev–Trinajstić information content (AvgIpc) is 2.87. The molecule has 0 radical (unpaired) electrons. The van der Waals surface area contributed by atoms with Crippen LogP contribution in [0.2, 0.25) is 0 Å². The van der Waals surface area contributed by atoms with Crippen LogP contribution < -0.4 is 5.32 Å². The van der Waals surface area contributed by atoms with E-state index in [0.29, 0.717) is 11.8 Å². The highest BCUT2D eigenvalue weighted by Crippen LogP contribution is 2.27. The van der Waals surface area contributed by atoms with Crippen LogP contribution in [0.15, 0.2) is 18.2 Å². The van der Waals surface area contributed by atoms with E-state index in [1.807, 2.05) is 6.92 Å². The van der Waals surface area contributed by atoms with E-state index in [2.05, 4.69) is 5.32 Å². The third-order valence-electron chi connectivity index (χ3n) is 4.03. The second-order valence-corrected chi connectivity index (χ2v) is 5.37. The molecule has 1 aromatic rings. The minimum Gasteiger partial charge on any atom is -0.338 e. The highest BCUT2D eigenvalue weighted by molar-refractivity contribution is 5.94. The van der Waals surface area contributed by atoms with Crippen LogP contribution in [0.4, 0.5) is 4.39 Å². The van der Waals surface area contributed by atoms with Crippen LogP contribution in [0.25, 0.3) is 0 Å². The first-order valence-electron chi connectivity index (χ1n) is 6.41. The molecule has 1 N–H and O–H groups in total. The first-order valence-corrected chi connectivity index (χ1v) is 6.41. The molecule has 0 aliphatic carbocycles. The number of halogens is 1. The summed E-state index contributed by atoms with van der Waals surface area (Å²) in [4.78, 5) is 14.1. The highest BCUT2D eigenvalue weighted by atomic mass is 19.1. The number of hydrogen-bond acceptors (Lipinski definition) is 2. The Kier molecular flexibility index (Phi) is 2.82. The van der Waals surface area contributed by atoms with Gasteiger partial charge in [0.05, 0.1) is 5.56 Å². The van der Waals surface area contributed by atoms with Crippen LogP contribution in [-0.2, 0) is 0 Å². The summed E-state index contributed by atoms with van der Waals surface area (Å²) in [7, 11) is 0. The van der Waals surface area contributed by atoms with Crippen LogP contribution in [0.3, 0.4) is 0 Å². The number of nitrogens with zero attached hydrogens (tertiary/aromatic N) is 1. The van der Waals surface area contributed by atoms with Crippen molar-refractivity contribution in [2.24, 2.45) is 11.8 Å². The third-order valence-corrected chi connectivity index (χ3v) is 4.03. The Hall–Kier alpha value is -1.42. The summed E-state index contributed by atoms with van der Waals surface area (Å²) in [5.74, 6) is 0.516. The van der Waals surface area contributed by atoms with E-state index in [9.17, 15) is 9.18 Å². The number of carbonyl (C=O) groups excluding carboxylic acids is 1. The van der Waals surface area contributed by atoms with E-state index in [0.717, 1.165) is 31.7 Å². The lowest BCUT2D eigenvalue weighted by Crippen LogP contribution is -2.32. The van der Waals surface area contributed by atoms with Gasteiger partial charge in [-0.05, 0) is 36.5 Å². The molecule has 3 rings (SSSR count). The minimum atomic E-state index is -0.407. The molecular formula is C14H17FN2O. The number of fused-ring (bicyclic) bond motifs is 1. The summed E-state index contributed by atoms with van der Waals surface area (Å²) >= 11 is 0. The van der Waals surface area contributed by atoms with Gasteiger partial charge in [0, 0.05) is 26.2 Å². The molecule has 3 nitrogen and oxygen atoms in total. The number of likely N-dealkylation sites (tertiary alicyclic amines) is 1. The molecule has 2 aliphatic heterocycles. The van der Waals surface area contributed by atoms with Gasteiger partial charge in [0.25, 0.3) is 5.91 Å². The van der Waals surface area contributed by atoms with Crippen LogP contribution in [0.1, 0.15) is 15.9 Å². The maximum atomic E-state index is 13.8. The Labute approximate surface area is 106 Å². The van der Waals surface area contributed by atoms with E-state index < -0.39 is 5.82 Å². The van der Waals surface area contributed by atoms with Crippen molar-refractivity contribution in [3.63, 3.8) is 0 Å². The van der Waals surface area contributed by atoms with E-state index in [-0.39, 0.29) is 11.5 Å². The number of amides is 1. The van der Waals surface area contributed by atoms with Crippen molar-refractivity contribution in [3.8, 4) is 0 Å².